The SMILES string of the molecule is CCOc1c(C(=O)N[C@H](C)CO)cccc1[N+](=O)[O-]. The van der Waals surface area contributed by atoms with Crippen LogP contribution in [-0.4, -0.2) is 35.2 Å². The third-order valence-corrected chi connectivity index (χ3v) is 2.38. The van der Waals surface area contributed by atoms with E-state index >= 15 is 0 Å². The van der Waals surface area contributed by atoms with Gasteiger partial charge in [0.2, 0.25) is 5.75 Å². The van der Waals surface area contributed by atoms with Crippen molar-refractivity contribution in [3.8, 4) is 5.75 Å². The molecule has 0 radical (unpaired) electrons. The minimum atomic E-state index is -0.600. The zero-order chi connectivity index (χ0) is 14.4. The van der Waals surface area contributed by atoms with Crippen LogP contribution < -0.4 is 10.1 Å². The quantitative estimate of drug-likeness (QED) is 0.594. The maximum atomic E-state index is 12.0. The summed E-state index contributed by atoms with van der Waals surface area (Å²) < 4.78 is 5.20. The van der Waals surface area contributed by atoms with Crippen molar-refractivity contribution in [2.45, 2.75) is 19.9 Å². The van der Waals surface area contributed by atoms with E-state index in [0.717, 1.165) is 0 Å². The van der Waals surface area contributed by atoms with Crippen molar-refractivity contribution in [2.75, 3.05) is 13.2 Å². The van der Waals surface area contributed by atoms with Gasteiger partial charge >= 0.3 is 5.69 Å². The molecule has 1 aromatic rings. The highest BCUT2D eigenvalue weighted by Crippen LogP contribution is 2.30. The molecule has 0 saturated carbocycles. The Hall–Kier alpha value is -2.15. The Balaban J connectivity index is 3.15. The third-order valence-electron chi connectivity index (χ3n) is 2.38. The molecule has 104 valence electrons. The van der Waals surface area contributed by atoms with Crippen LogP contribution >= 0.6 is 0 Å². The van der Waals surface area contributed by atoms with Crippen molar-refractivity contribution in [1.29, 1.82) is 0 Å². The van der Waals surface area contributed by atoms with Crippen LogP contribution in [0.25, 0.3) is 0 Å². The lowest BCUT2D eigenvalue weighted by molar-refractivity contribution is -0.385. The van der Waals surface area contributed by atoms with Crippen LogP contribution in [-0.2, 0) is 0 Å². The van der Waals surface area contributed by atoms with E-state index in [1.165, 1.54) is 18.2 Å². The van der Waals surface area contributed by atoms with E-state index in [0.29, 0.717) is 0 Å². The fraction of sp³-hybridized carbons (Fsp3) is 0.417. The highest BCUT2D eigenvalue weighted by Gasteiger charge is 2.23. The number of aliphatic hydroxyl groups is 1. The minimum Gasteiger partial charge on any atom is -0.487 e. The second-order valence-corrected chi connectivity index (χ2v) is 3.90. The number of amides is 1. The number of aliphatic hydroxyl groups excluding tert-OH is 1. The average Bonchev–Trinajstić information content (AvgIpc) is 2.38. The monoisotopic (exact) mass is 268 g/mol. The molecule has 7 heteroatoms. The molecule has 0 saturated heterocycles. The van der Waals surface area contributed by atoms with Gasteiger partial charge in [-0.2, -0.15) is 0 Å². The number of carbonyl (C=O) groups is 1. The van der Waals surface area contributed by atoms with Crippen LogP contribution in [0.2, 0.25) is 0 Å². The van der Waals surface area contributed by atoms with Crippen molar-refractivity contribution in [2.24, 2.45) is 0 Å². The lowest BCUT2D eigenvalue weighted by atomic mass is 10.1. The predicted molar refractivity (Wildman–Crippen MR) is 68.3 cm³/mol. The number of benzene rings is 1. The summed E-state index contributed by atoms with van der Waals surface area (Å²) in [6, 6.07) is 3.69. The van der Waals surface area contributed by atoms with Gasteiger partial charge in [-0.05, 0) is 19.9 Å². The summed E-state index contributed by atoms with van der Waals surface area (Å²) in [5, 5.41) is 22.3. The van der Waals surface area contributed by atoms with E-state index < -0.39 is 16.9 Å². The maximum Gasteiger partial charge on any atom is 0.311 e. The van der Waals surface area contributed by atoms with Crippen molar-refractivity contribution < 1.29 is 19.6 Å². The van der Waals surface area contributed by atoms with E-state index in [2.05, 4.69) is 5.32 Å². The van der Waals surface area contributed by atoms with Crippen molar-refractivity contribution >= 4 is 11.6 Å². The summed E-state index contributed by atoms with van der Waals surface area (Å²) in [5.74, 6) is -0.577. The molecule has 1 amide bonds. The first-order valence-electron chi connectivity index (χ1n) is 5.83. The van der Waals surface area contributed by atoms with Crippen LogP contribution in [0.15, 0.2) is 18.2 Å². The van der Waals surface area contributed by atoms with Crippen molar-refractivity contribution in [3.63, 3.8) is 0 Å². The molecule has 0 aliphatic carbocycles. The smallest absolute Gasteiger partial charge is 0.311 e. The van der Waals surface area contributed by atoms with Gasteiger partial charge in [0.15, 0.2) is 0 Å². The molecule has 0 spiro atoms. The Morgan fingerprint density at radius 1 is 1.58 bits per heavy atom. The van der Waals surface area contributed by atoms with Crippen LogP contribution in [0, 0.1) is 10.1 Å². The second-order valence-electron chi connectivity index (χ2n) is 3.90. The molecule has 0 fully saturated rings. The number of rotatable bonds is 6. The molecular weight excluding hydrogens is 252 g/mol. The number of nitro groups is 1. The summed E-state index contributed by atoms with van der Waals surface area (Å²) in [4.78, 5) is 22.3. The number of carbonyl (C=O) groups excluding carboxylic acids is 1. The number of nitrogens with one attached hydrogen (secondary N) is 1. The first kappa shape index (κ1) is 14.9. The Morgan fingerprint density at radius 3 is 2.79 bits per heavy atom. The van der Waals surface area contributed by atoms with Crippen LogP contribution in [0.5, 0.6) is 5.75 Å². The summed E-state index contributed by atoms with van der Waals surface area (Å²) in [5.41, 5.74) is -0.178. The molecule has 19 heavy (non-hydrogen) atoms. The van der Waals surface area contributed by atoms with E-state index in [1.54, 1.807) is 13.8 Å². The van der Waals surface area contributed by atoms with Gasteiger partial charge in [0.05, 0.1) is 23.7 Å². The maximum absolute atomic E-state index is 12.0. The molecule has 0 aromatic heterocycles. The topological polar surface area (TPSA) is 102 Å². The first-order valence-corrected chi connectivity index (χ1v) is 5.83. The highest BCUT2D eigenvalue weighted by atomic mass is 16.6. The number of ether oxygens (including phenoxy) is 1. The number of nitrogens with zero attached hydrogens (tertiary/aromatic N) is 1. The number of para-hydroxylation sites is 1. The Bertz CT molecular complexity index is 475. The normalized spacial score (nSPS) is 11.7. The van der Waals surface area contributed by atoms with Gasteiger partial charge in [-0.25, -0.2) is 0 Å². The Morgan fingerprint density at radius 2 is 2.26 bits per heavy atom. The van der Waals surface area contributed by atoms with Gasteiger partial charge in [0.25, 0.3) is 5.91 Å². The number of hydrogen-bond acceptors (Lipinski definition) is 5. The van der Waals surface area contributed by atoms with E-state index in [4.69, 9.17) is 9.84 Å². The number of hydrogen-bond donors (Lipinski definition) is 2. The molecular formula is C12H16N2O5. The fourth-order valence-corrected chi connectivity index (χ4v) is 1.49. The molecule has 0 heterocycles. The molecule has 2 N–H and O–H groups in total. The van der Waals surface area contributed by atoms with E-state index in [1.807, 2.05) is 0 Å². The highest BCUT2D eigenvalue weighted by molar-refractivity contribution is 5.98. The van der Waals surface area contributed by atoms with Gasteiger partial charge in [-0.1, -0.05) is 6.07 Å². The number of nitro benzene ring substituents is 1. The van der Waals surface area contributed by atoms with Gasteiger partial charge < -0.3 is 15.2 Å². The fourth-order valence-electron chi connectivity index (χ4n) is 1.49. The minimum absolute atomic E-state index is 0.0577. The third kappa shape index (κ3) is 3.65. The second kappa shape index (κ2) is 6.69. The lowest BCUT2D eigenvalue weighted by Gasteiger charge is -2.13. The lowest BCUT2D eigenvalue weighted by Crippen LogP contribution is -2.35. The zero-order valence-corrected chi connectivity index (χ0v) is 10.8. The molecule has 1 aromatic carbocycles. The van der Waals surface area contributed by atoms with Crippen molar-refractivity contribution in [1.82, 2.24) is 5.32 Å². The van der Waals surface area contributed by atoms with Crippen molar-refractivity contribution in [3.05, 3.63) is 33.9 Å². The van der Waals surface area contributed by atoms with Gasteiger partial charge in [0, 0.05) is 12.1 Å². The molecule has 7 nitrogen and oxygen atoms in total. The predicted octanol–water partition coefficient (Wildman–Crippen LogP) is 1.10. The molecule has 0 aliphatic rings. The standard InChI is InChI=1S/C12H16N2O5/c1-3-19-11-9(12(16)13-8(2)7-15)5-4-6-10(11)14(17)18/h4-6,8,15H,3,7H2,1-2H3,(H,13,16)/t8-/m1/s1. The largest absolute Gasteiger partial charge is 0.487 e. The van der Waals surface area contributed by atoms with Gasteiger partial charge in [-0.3, -0.25) is 14.9 Å². The summed E-state index contributed by atoms with van der Waals surface area (Å²) >= 11 is 0. The van der Waals surface area contributed by atoms with E-state index in [9.17, 15) is 14.9 Å². The average molecular weight is 268 g/mol. The Labute approximate surface area is 110 Å². The molecule has 0 aliphatic heterocycles. The van der Waals surface area contributed by atoms with Crippen LogP contribution in [0.1, 0.15) is 24.2 Å². The van der Waals surface area contributed by atoms with Gasteiger partial charge in [0.1, 0.15) is 0 Å². The summed E-state index contributed by atoms with van der Waals surface area (Å²) in [6.45, 7) is 3.29. The summed E-state index contributed by atoms with van der Waals surface area (Å²) in [7, 11) is 0. The molecule has 1 atom stereocenters. The van der Waals surface area contributed by atoms with Crippen LogP contribution in [0.3, 0.4) is 0 Å². The molecule has 1 rings (SSSR count). The molecule has 0 bridgehead atoms. The van der Waals surface area contributed by atoms with Gasteiger partial charge in [-0.15, -0.1) is 0 Å². The van der Waals surface area contributed by atoms with Crippen LogP contribution in [0.4, 0.5) is 5.69 Å². The summed E-state index contributed by atoms with van der Waals surface area (Å²) in [6.07, 6.45) is 0. The Kier molecular flexibility index (Phi) is 5.25. The molecule has 0 unspecified atom stereocenters. The zero-order valence-electron chi connectivity index (χ0n) is 10.8. The first-order chi connectivity index (χ1) is 9.01. The van der Waals surface area contributed by atoms with E-state index in [-0.39, 0.29) is 30.2 Å².